The van der Waals surface area contributed by atoms with Gasteiger partial charge in [-0.3, -0.25) is 0 Å². The fourth-order valence-electron chi connectivity index (χ4n) is 0.400. The SMILES string of the molecule is CSCCP(C)(C)(C)Cl. The summed E-state index contributed by atoms with van der Waals surface area (Å²) in [6.45, 7) is 6.59. The number of halogens is 1. The minimum atomic E-state index is -1.68. The van der Waals surface area contributed by atoms with Crippen LogP contribution in [0.2, 0.25) is 0 Å². The van der Waals surface area contributed by atoms with Crippen LogP contribution in [0.3, 0.4) is 0 Å². The molecule has 0 saturated heterocycles. The van der Waals surface area contributed by atoms with E-state index < -0.39 is 5.96 Å². The second kappa shape index (κ2) is 2.98. The van der Waals surface area contributed by atoms with E-state index in [-0.39, 0.29) is 0 Å². The van der Waals surface area contributed by atoms with Crippen molar-refractivity contribution in [2.75, 3.05) is 38.2 Å². The van der Waals surface area contributed by atoms with Gasteiger partial charge in [-0.25, -0.2) is 0 Å². The average Bonchev–Trinajstić information content (AvgIpc) is 1.57. The van der Waals surface area contributed by atoms with E-state index in [0.717, 1.165) is 0 Å². The van der Waals surface area contributed by atoms with E-state index in [0.29, 0.717) is 0 Å². The number of rotatable bonds is 3. The molecular weight excluding hydrogens is 171 g/mol. The van der Waals surface area contributed by atoms with Gasteiger partial charge < -0.3 is 0 Å². The van der Waals surface area contributed by atoms with E-state index in [1.54, 1.807) is 0 Å². The molecule has 0 nitrogen and oxygen atoms in total. The first kappa shape index (κ1) is 10.1. The third-order valence-electron chi connectivity index (χ3n) is 1.05. The Balaban J connectivity index is 3.60. The summed E-state index contributed by atoms with van der Waals surface area (Å²) in [6.07, 6.45) is 3.31. The van der Waals surface area contributed by atoms with Crippen LogP contribution in [-0.4, -0.2) is 38.2 Å². The van der Waals surface area contributed by atoms with Gasteiger partial charge in [0.15, 0.2) is 0 Å². The van der Waals surface area contributed by atoms with Crippen molar-refractivity contribution in [2.45, 2.75) is 0 Å². The molecule has 0 saturated carbocycles. The summed E-state index contributed by atoms with van der Waals surface area (Å²) in [5, 5.41) is 0. The van der Waals surface area contributed by atoms with Gasteiger partial charge in [0.25, 0.3) is 0 Å². The zero-order valence-electron chi connectivity index (χ0n) is 6.65. The van der Waals surface area contributed by atoms with Crippen LogP contribution in [0.4, 0.5) is 0 Å². The second-order valence-electron chi connectivity index (χ2n) is 3.63. The van der Waals surface area contributed by atoms with Gasteiger partial charge >= 0.3 is 67.1 Å². The molecule has 0 spiro atoms. The Morgan fingerprint density at radius 2 is 1.78 bits per heavy atom. The maximum absolute atomic E-state index is 6.28. The summed E-state index contributed by atoms with van der Waals surface area (Å²) in [6, 6.07) is 0. The van der Waals surface area contributed by atoms with Crippen LogP contribution in [0.5, 0.6) is 0 Å². The van der Waals surface area contributed by atoms with E-state index in [4.69, 9.17) is 11.2 Å². The molecule has 3 heteroatoms. The molecule has 0 aromatic rings. The Morgan fingerprint density at radius 3 is 1.89 bits per heavy atom. The molecule has 0 rings (SSSR count). The molecule has 0 bridgehead atoms. The molecule has 0 heterocycles. The molecule has 0 fully saturated rings. The van der Waals surface area contributed by atoms with Crippen molar-refractivity contribution in [2.24, 2.45) is 0 Å². The number of hydrogen-bond donors (Lipinski definition) is 0. The molecule has 58 valence electrons. The summed E-state index contributed by atoms with van der Waals surface area (Å²) in [7, 11) is 0. The van der Waals surface area contributed by atoms with E-state index in [1.807, 2.05) is 11.8 Å². The van der Waals surface area contributed by atoms with E-state index in [9.17, 15) is 0 Å². The van der Waals surface area contributed by atoms with Gasteiger partial charge in [0.1, 0.15) is 0 Å². The zero-order chi connectivity index (χ0) is 7.57. The van der Waals surface area contributed by atoms with Crippen LogP contribution in [0.1, 0.15) is 0 Å². The van der Waals surface area contributed by atoms with Crippen LogP contribution >= 0.6 is 29.0 Å². The monoisotopic (exact) mass is 186 g/mol. The third-order valence-corrected chi connectivity index (χ3v) is 4.21. The standard InChI is InChI=1S/C6H16ClPS/c1-8(2,3,7)5-6-9-4/h5-6H2,1-4H3. The molecule has 0 aliphatic heterocycles. The Bertz CT molecular complexity index is 85.7. The number of hydrogen-bond acceptors (Lipinski definition) is 1. The van der Waals surface area contributed by atoms with Crippen molar-refractivity contribution >= 4 is 29.0 Å². The van der Waals surface area contributed by atoms with Crippen molar-refractivity contribution in [1.29, 1.82) is 0 Å². The molecule has 9 heavy (non-hydrogen) atoms. The Morgan fingerprint density at radius 1 is 1.33 bits per heavy atom. The van der Waals surface area contributed by atoms with Crippen LogP contribution in [0.15, 0.2) is 0 Å². The third kappa shape index (κ3) is 9.07. The van der Waals surface area contributed by atoms with Gasteiger partial charge in [0.05, 0.1) is 0 Å². The van der Waals surface area contributed by atoms with Gasteiger partial charge in [-0.1, -0.05) is 0 Å². The molecular formula is C6H16ClPS. The van der Waals surface area contributed by atoms with Crippen molar-refractivity contribution < 1.29 is 0 Å². The summed E-state index contributed by atoms with van der Waals surface area (Å²) in [4.78, 5) is 0. The minimum absolute atomic E-state index is 1.19. The van der Waals surface area contributed by atoms with Crippen molar-refractivity contribution in [3.63, 3.8) is 0 Å². The van der Waals surface area contributed by atoms with Gasteiger partial charge in [0.2, 0.25) is 0 Å². The molecule has 0 N–H and O–H groups in total. The summed E-state index contributed by atoms with van der Waals surface area (Å²) >= 11 is 8.16. The summed E-state index contributed by atoms with van der Waals surface area (Å²) < 4.78 is 0. The van der Waals surface area contributed by atoms with Gasteiger partial charge in [-0.2, -0.15) is 0 Å². The van der Waals surface area contributed by atoms with Crippen LogP contribution in [0.25, 0.3) is 0 Å². The Hall–Kier alpha value is 1.07. The Kier molecular flexibility index (Phi) is 3.34. The van der Waals surface area contributed by atoms with E-state index in [1.165, 1.54) is 11.9 Å². The zero-order valence-corrected chi connectivity index (χ0v) is 9.11. The molecule has 0 aliphatic carbocycles. The van der Waals surface area contributed by atoms with Gasteiger partial charge in [-0.05, 0) is 0 Å². The Labute approximate surface area is 67.5 Å². The van der Waals surface area contributed by atoms with Gasteiger partial charge in [0, 0.05) is 0 Å². The van der Waals surface area contributed by atoms with Crippen LogP contribution in [0, 0.1) is 0 Å². The predicted molar refractivity (Wildman–Crippen MR) is 53.8 cm³/mol. The normalized spacial score (nSPS) is 16.8. The van der Waals surface area contributed by atoms with Crippen molar-refractivity contribution in [3.8, 4) is 0 Å². The molecule has 0 aromatic carbocycles. The predicted octanol–water partition coefficient (Wildman–Crippen LogP) is 2.95. The quantitative estimate of drug-likeness (QED) is 0.611. The second-order valence-corrected chi connectivity index (χ2v) is 14.7. The average molecular weight is 187 g/mol. The van der Waals surface area contributed by atoms with Crippen molar-refractivity contribution in [1.82, 2.24) is 0 Å². The first-order valence-electron chi connectivity index (χ1n) is 3.02. The maximum atomic E-state index is 6.28. The topological polar surface area (TPSA) is 0 Å². The summed E-state index contributed by atoms with van der Waals surface area (Å²) in [5.41, 5.74) is 0. The molecule has 0 aromatic heterocycles. The molecule has 0 atom stereocenters. The fraction of sp³-hybridized carbons (Fsp3) is 1.00. The first-order chi connectivity index (χ1) is 3.81. The van der Waals surface area contributed by atoms with Gasteiger partial charge in [-0.15, -0.1) is 0 Å². The molecule has 0 aliphatic rings. The molecule has 0 unspecified atom stereocenters. The van der Waals surface area contributed by atoms with E-state index >= 15 is 0 Å². The summed E-state index contributed by atoms with van der Waals surface area (Å²) in [5.74, 6) is -0.477. The van der Waals surface area contributed by atoms with Crippen LogP contribution < -0.4 is 0 Å². The fourth-order valence-corrected chi connectivity index (χ4v) is 4.22. The van der Waals surface area contributed by atoms with Crippen molar-refractivity contribution in [3.05, 3.63) is 0 Å². The molecule has 0 radical (unpaired) electrons. The molecule has 0 amide bonds. The van der Waals surface area contributed by atoms with Crippen LogP contribution in [-0.2, 0) is 0 Å². The van der Waals surface area contributed by atoms with E-state index in [2.05, 4.69) is 26.3 Å². The number of thioether (sulfide) groups is 1. The first-order valence-corrected chi connectivity index (χ1v) is 9.09.